The Morgan fingerprint density at radius 1 is 0.474 bits per heavy atom. The highest BCUT2D eigenvalue weighted by atomic mass is 15.1. The van der Waals surface area contributed by atoms with E-state index in [0.717, 1.165) is 32.6 Å². The number of nitrogens with zero attached hydrogens (tertiary/aromatic N) is 2. The molecule has 2 fully saturated rings. The number of hydrogen-bond acceptors (Lipinski definition) is 2. The molecule has 2 heterocycles. The minimum absolute atomic E-state index is 0.0786. The fraction of sp³-hybridized carbons (Fsp3) is 0.273. The predicted octanol–water partition coefficient (Wildman–Crippen LogP) is 14.2. The number of allylic oxidation sites excluding steroid dienone is 4. The lowest BCUT2D eigenvalue weighted by atomic mass is 9.76. The monoisotopic (exact) mass is 740 g/mol. The summed E-state index contributed by atoms with van der Waals surface area (Å²) in [6.45, 7) is 9.33. The van der Waals surface area contributed by atoms with Crippen LogP contribution >= 0.6 is 0 Å². The molecular weight excluding hydrogens is 689 g/mol. The van der Waals surface area contributed by atoms with Gasteiger partial charge in [-0.3, -0.25) is 0 Å². The second kappa shape index (κ2) is 13.8. The fourth-order valence-corrected chi connectivity index (χ4v) is 11.1. The molecule has 0 bridgehead atoms. The van der Waals surface area contributed by atoms with Crippen LogP contribution in [0.2, 0.25) is 0 Å². The van der Waals surface area contributed by atoms with E-state index in [2.05, 4.69) is 163 Å². The molecule has 0 amide bonds. The molecular formula is C55H52N2. The molecule has 0 aromatic heterocycles. The Morgan fingerprint density at radius 2 is 1.04 bits per heavy atom. The molecule has 0 radical (unpaired) electrons. The molecule has 1 unspecified atom stereocenters. The molecule has 0 saturated carbocycles. The van der Waals surface area contributed by atoms with Crippen molar-refractivity contribution in [3.63, 3.8) is 0 Å². The molecule has 11 rings (SSSR count). The Labute approximate surface area is 338 Å². The van der Waals surface area contributed by atoms with Crippen molar-refractivity contribution in [1.82, 2.24) is 0 Å². The number of fused-ring (bicyclic) bond motifs is 6. The van der Waals surface area contributed by atoms with Crippen LogP contribution in [-0.2, 0) is 5.41 Å². The van der Waals surface area contributed by atoms with E-state index in [4.69, 9.17) is 0 Å². The molecule has 7 aromatic carbocycles. The molecule has 2 aliphatic carbocycles. The average Bonchev–Trinajstić information content (AvgIpc) is 3.51. The minimum Gasteiger partial charge on any atom is -0.372 e. The SMILES string of the molecule is CC1(C)C2=CC=C(c3ccc(-c4c5ccc(N6CCCCC6)cc5c(-c5ccc6ccccc6c5)c5ccc(N6CCCCC6)cc45)cc3)CC2c2ccccc21. The van der Waals surface area contributed by atoms with Gasteiger partial charge in [-0.15, -0.1) is 0 Å². The lowest BCUT2D eigenvalue weighted by Gasteiger charge is -2.30. The molecule has 2 aliphatic heterocycles. The molecule has 282 valence electrons. The normalized spacial score (nSPS) is 19.1. The number of piperidine rings is 2. The lowest BCUT2D eigenvalue weighted by Crippen LogP contribution is -2.29. The van der Waals surface area contributed by atoms with Crippen LogP contribution in [0.5, 0.6) is 0 Å². The van der Waals surface area contributed by atoms with Gasteiger partial charge in [-0.1, -0.05) is 129 Å². The van der Waals surface area contributed by atoms with Gasteiger partial charge in [-0.25, -0.2) is 0 Å². The minimum atomic E-state index is 0.0786. The first-order valence-corrected chi connectivity index (χ1v) is 21.7. The van der Waals surface area contributed by atoms with E-state index in [9.17, 15) is 0 Å². The zero-order chi connectivity index (χ0) is 38.1. The Bertz CT molecular complexity index is 2750. The zero-order valence-electron chi connectivity index (χ0n) is 33.5. The molecule has 7 aromatic rings. The standard InChI is InChI=1S/C55H52N2/c1-55(2)51-16-8-7-15-45(51)48-34-41(23-28-52(48)55)38-17-20-39(21-18-38)53-46-26-24-44(57-31-11-4-12-32-57)36-50(46)54(42-22-19-37-13-5-6-14-40(37)33-42)47-27-25-43(35-49(47)53)56-29-9-3-10-30-56/h5-8,13-28,33,35-36,48H,3-4,9-12,29-32,34H2,1-2H3. The maximum Gasteiger partial charge on any atom is 0.0372 e. The smallest absolute Gasteiger partial charge is 0.0372 e. The predicted molar refractivity (Wildman–Crippen MR) is 245 cm³/mol. The van der Waals surface area contributed by atoms with Gasteiger partial charge < -0.3 is 9.80 Å². The highest BCUT2D eigenvalue weighted by Crippen LogP contribution is 2.55. The fourth-order valence-electron chi connectivity index (χ4n) is 11.1. The van der Waals surface area contributed by atoms with Crippen molar-refractivity contribution in [2.75, 3.05) is 36.0 Å². The van der Waals surface area contributed by atoms with Crippen LogP contribution in [0.25, 0.3) is 60.1 Å². The Morgan fingerprint density at radius 3 is 1.70 bits per heavy atom. The third kappa shape index (κ3) is 5.82. The molecule has 2 saturated heterocycles. The number of rotatable bonds is 5. The van der Waals surface area contributed by atoms with Crippen molar-refractivity contribution in [3.8, 4) is 22.3 Å². The van der Waals surface area contributed by atoms with Gasteiger partial charge in [0.15, 0.2) is 0 Å². The van der Waals surface area contributed by atoms with E-state index >= 15 is 0 Å². The quantitative estimate of drug-likeness (QED) is 0.162. The van der Waals surface area contributed by atoms with Crippen molar-refractivity contribution in [2.24, 2.45) is 0 Å². The van der Waals surface area contributed by atoms with Crippen LogP contribution in [0.1, 0.15) is 81.4 Å². The summed E-state index contributed by atoms with van der Waals surface area (Å²) in [5, 5.41) is 7.94. The summed E-state index contributed by atoms with van der Waals surface area (Å²) in [4.78, 5) is 5.24. The number of anilines is 2. The van der Waals surface area contributed by atoms with Gasteiger partial charge in [0.25, 0.3) is 0 Å². The van der Waals surface area contributed by atoms with Crippen LogP contribution in [0.3, 0.4) is 0 Å². The summed E-state index contributed by atoms with van der Waals surface area (Å²) in [5.41, 5.74) is 15.4. The summed E-state index contributed by atoms with van der Waals surface area (Å²) in [5.74, 6) is 0.453. The first-order chi connectivity index (χ1) is 28.0. The van der Waals surface area contributed by atoms with Crippen molar-refractivity contribution in [2.45, 2.75) is 70.1 Å². The summed E-state index contributed by atoms with van der Waals surface area (Å²) in [7, 11) is 0. The zero-order valence-corrected chi connectivity index (χ0v) is 33.5. The molecule has 2 nitrogen and oxygen atoms in total. The van der Waals surface area contributed by atoms with E-state index in [0.29, 0.717) is 5.92 Å². The van der Waals surface area contributed by atoms with E-state index in [-0.39, 0.29) is 5.41 Å². The van der Waals surface area contributed by atoms with Crippen molar-refractivity contribution in [3.05, 3.63) is 162 Å². The molecule has 57 heavy (non-hydrogen) atoms. The van der Waals surface area contributed by atoms with Crippen LogP contribution in [0.4, 0.5) is 11.4 Å². The summed E-state index contributed by atoms with van der Waals surface area (Å²) in [6, 6.07) is 49.4. The Balaban J connectivity index is 1.10. The van der Waals surface area contributed by atoms with Gasteiger partial charge in [0.1, 0.15) is 0 Å². The van der Waals surface area contributed by atoms with Crippen LogP contribution < -0.4 is 9.80 Å². The topological polar surface area (TPSA) is 6.48 Å². The summed E-state index contributed by atoms with van der Waals surface area (Å²) >= 11 is 0. The molecule has 0 spiro atoms. The Kier molecular flexibility index (Phi) is 8.39. The second-order valence-electron chi connectivity index (χ2n) is 17.7. The van der Waals surface area contributed by atoms with Gasteiger partial charge in [0.2, 0.25) is 0 Å². The van der Waals surface area contributed by atoms with E-state index in [1.165, 1.54) is 127 Å². The van der Waals surface area contributed by atoms with Crippen molar-refractivity contribution < 1.29 is 0 Å². The van der Waals surface area contributed by atoms with Crippen LogP contribution in [0.15, 0.2) is 145 Å². The number of hydrogen-bond donors (Lipinski definition) is 0. The van der Waals surface area contributed by atoms with Crippen LogP contribution in [0, 0.1) is 0 Å². The Hall–Kier alpha value is -5.60. The van der Waals surface area contributed by atoms with Gasteiger partial charge in [0, 0.05) is 48.9 Å². The average molecular weight is 741 g/mol. The highest BCUT2D eigenvalue weighted by molar-refractivity contribution is 6.22. The van der Waals surface area contributed by atoms with Crippen LogP contribution in [-0.4, -0.2) is 26.2 Å². The van der Waals surface area contributed by atoms with Gasteiger partial charge in [-0.2, -0.15) is 0 Å². The first kappa shape index (κ1) is 34.6. The molecule has 4 aliphatic rings. The number of benzene rings is 7. The third-order valence-electron chi connectivity index (χ3n) is 14.1. The highest BCUT2D eigenvalue weighted by Gasteiger charge is 2.42. The van der Waals surface area contributed by atoms with E-state index < -0.39 is 0 Å². The lowest BCUT2D eigenvalue weighted by molar-refractivity contribution is 0.578. The van der Waals surface area contributed by atoms with Gasteiger partial charge in [-0.05, 0) is 152 Å². The summed E-state index contributed by atoms with van der Waals surface area (Å²) in [6.07, 6.45) is 13.6. The first-order valence-electron chi connectivity index (χ1n) is 21.7. The maximum atomic E-state index is 2.62. The van der Waals surface area contributed by atoms with E-state index in [1.54, 1.807) is 5.57 Å². The summed E-state index contributed by atoms with van der Waals surface area (Å²) < 4.78 is 0. The largest absolute Gasteiger partial charge is 0.372 e. The second-order valence-corrected chi connectivity index (χ2v) is 17.7. The van der Waals surface area contributed by atoms with E-state index in [1.807, 2.05) is 0 Å². The molecule has 2 heteroatoms. The maximum absolute atomic E-state index is 2.62. The molecule has 0 N–H and O–H groups in total. The van der Waals surface area contributed by atoms with Gasteiger partial charge in [0.05, 0.1) is 0 Å². The molecule has 1 atom stereocenters. The van der Waals surface area contributed by atoms with Crippen molar-refractivity contribution in [1.29, 1.82) is 0 Å². The van der Waals surface area contributed by atoms with Crippen molar-refractivity contribution >= 4 is 49.3 Å². The third-order valence-corrected chi connectivity index (χ3v) is 14.1. The van der Waals surface area contributed by atoms with Gasteiger partial charge >= 0.3 is 0 Å².